The SMILES string of the molecule is Cc1ccc(S(=O)(=O)NNC2=NC(c3ccccc3)c3ccccc3N2)cc1. The number of aliphatic imine (C=N–C) groups is 1. The summed E-state index contributed by atoms with van der Waals surface area (Å²) in [7, 11) is -3.72. The van der Waals surface area contributed by atoms with Crippen molar-refractivity contribution in [3.63, 3.8) is 0 Å². The van der Waals surface area contributed by atoms with Crippen LogP contribution in [-0.4, -0.2) is 14.4 Å². The lowest BCUT2D eigenvalue weighted by Gasteiger charge is -2.26. The molecule has 0 aromatic heterocycles. The van der Waals surface area contributed by atoms with E-state index >= 15 is 0 Å². The molecule has 3 aromatic carbocycles. The topological polar surface area (TPSA) is 82.6 Å². The van der Waals surface area contributed by atoms with E-state index in [1.807, 2.05) is 61.5 Å². The minimum atomic E-state index is -3.72. The average molecular weight is 392 g/mol. The van der Waals surface area contributed by atoms with Gasteiger partial charge >= 0.3 is 0 Å². The molecule has 3 aromatic rings. The highest BCUT2D eigenvalue weighted by molar-refractivity contribution is 7.89. The number of rotatable bonds is 4. The highest BCUT2D eigenvalue weighted by Gasteiger charge is 2.23. The molecular weight excluding hydrogens is 372 g/mol. The van der Waals surface area contributed by atoms with E-state index in [9.17, 15) is 8.42 Å². The summed E-state index contributed by atoms with van der Waals surface area (Å²) in [6.45, 7) is 1.91. The van der Waals surface area contributed by atoms with Gasteiger partial charge in [-0.15, -0.1) is 4.83 Å². The van der Waals surface area contributed by atoms with Crippen molar-refractivity contribution in [2.24, 2.45) is 4.99 Å². The van der Waals surface area contributed by atoms with Gasteiger partial charge in [-0.3, -0.25) is 5.43 Å². The normalized spacial score (nSPS) is 15.9. The van der Waals surface area contributed by atoms with Crippen molar-refractivity contribution in [3.8, 4) is 0 Å². The van der Waals surface area contributed by atoms with Gasteiger partial charge in [0.25, 0.3) is 10.0 Å². The summed E-state index contributed by atoms with van der Waals surface area (Å²) >= 11 is 0. The van der Waals surface area contributed by atoms with Gasteiger partial charge in [0, 0.05) is 11.3 Å². The van der Waals surface area contributed by atoms with Crippen molar-refractivity contribution in [2.45, 2.75) is 17.9 Å². The van der Waals surface area contributed by atoms with Gasteiger partial charge in [-0.25, -0.2) is 13.4 Å². The van der Waals surface area contributed by atoms with Crippen molar-refractivity contribution in [2.75, 3.05) is 5.32 Å². The Balaban J connectivity index is 1.59. The lowest BCUT2D eigenvalue weighted by atomic mass is 9.97. The van der Waals surface area contributed by atoms with Gasteiger partial charge in [-0.05, 0) is 30.7 Å². The fraction of sp³-hybridized carbons (Fsp3) is 0.0952. The third-order valence-corrected chi connectivity index (χ3v) is 5.78. The summed E-state index contributed by atoms with van der Waals surface area (Å²) in [6.07, 6.45) is 0. The maximum Gasteiger partial charge on any atom is 0.257 e. The summed E-state index contributed by atoms with van der Waals surface area (Å²) in [5, 5.41) is 3.14. The van der Waals surface area contributed by atoms with Crippen LogP contribution in [0.2, 0.25) is 0 Å². The molecule has 0 aliphatic carbocycles. The first-order chi connectivity index (χ1) is 13.5. The van der Waals surface area contributed by atoms with Crippen molar-refractivity contribution in [3.05, 3.63) is 95.6 Å². The summed E-state index contributed by atoms with van der Waals surface area (Å²) in [4.78, 5) is 7.25. The summed E-state index contributed by atoms with van der Waals surface area (Å²) in [5.41, 5.74) is 6.64. The standard InChI is InChI=1S/C21H20N4O2S/c1-15-11-13-17(14-12-15)28(26,27)25-24-21-22-19-10-6-5-9-18(19)20(23-21)16-7-3-2-4-8-16/h2-14,20,25H,1H3,(H2,22,23,24). The Morgan fingerprint density at radius 1 is 0.893 bits per heavy atom. The van der Waals surface area contributed by atoms with E-state index in [4.69, 9.17) is 0 Å². The number of anilines is 1. The smallest absolute Gasteiger partial charge is 0.257 e. The van der Waals surface area contributed by atoms with Crippen LogP contribution in [0.3, 0.4) is 0 Å². The first kappa shape index (κ1) is 18.2. The monoisotopic (exact) mass is 392 g/mol. The van der Waals surface area contributed by atoms with Crippen LogP contribution in [0.15, 0.2) is 88.8 Å². The second-order valence-corrected chi connectivity index (χ2v) is 8.23. The van der Waals surface area contributed by atoms with Gasteiger partial charge in [-0.1, -0.05) is 66.2 Å². The molecule has 1 unspecified atom stereocenters. The minimum absolute atomic E-state index is 0.182. The zero-order chi connectivity index (χ0) is 19.6. The van der Waals surface area contributed by atoms with Crippen molar-refractivity contribution < 1.29 is 8.42 Å². The fourth-order valence-corrected chi connectivity index (χ4v) is 3.90. The highest BCUT2D eigenvalue weighted by Crippen LogP contribution is 2.34. The van der Waals surface area contributed by atoms with Crippen LogP contribution < -0.4 is 15.6 Å². The number of hydrogen-bond donors (Lipinski definition) is 3. The van der Waals surface area contributed by atoms with Crippen LogP contribution >= 0.6 is 0 Å². The molecule has 0 saturated heterocycles. The van der Waals surface area contributed by atoms with Gasteiger partial charge in [0.05, 0.1) is 4.90 Å². The number of fused-ring (bicyclic) bond motifs is 1. The number of benzene rings is 3. The molecule has 0 fully saturated rings. The van der Waals surface area contributed by atoms with E-state index in [-0.39, 0.29) is 10.9 Å². The van der Waals surface area contributed by atoms with Crippen molar-refractivity contribution in [1.29, 1.82) is 0 Å². The van der Waals surface area contributed by atoms with Gasteiger partial charge in [0.15, 0.2) is 0 Å². The molecule has 1 aliphatic rings. The molecule has 0 bridgehead atoms. The number of nitrogens with one attached hydrogen (secondary N) is 3. The molecular formula is C21H20N4O2S. The van der Waals surface area contributed by atoms with Crippen LogP contribution in [0, 0.1) is 6.92 Å². The number of sulfonamides is 1. The second-order valence-electron chi connectivity index (χ2n) is 6.55. The quantitative estimate of drug-likeness (QED) is 0.595. The van der Waals surface area contributed by atoms with Crippen molar-refractivity contribution >= 4 is 21.7 Å². The molecule has 3 N–H and O–H groups in total. The molecule has 1 atom stereocenters. The van der Waals surface area contributed by atoms with E-state index in [0.717, 1.165) is 22.4 Å². The zero-order valence-electron chi connectivity index (χ0n) is 15.3. The van der Waals surface area contributed by atoms with E-state index in [2.05, 4.69) is 20.6 Å². The molecule has 142 valence electrons. The van der Waals surface area contributed by atoms with Crippen LogP contribution in [-0.2, 0) is 10.0 Å². The predicted octanol–water partition coefficient (Wildman–Crippen LogP) is 3.35. The first-order valence-electron chi connectivity index (χ1n) is 8.86. The number of hydrogen-bond acceptors (Lipinski definition) is 5. The second kappa shape index (κ2) is 7.46. The van der Waals surface area contributed by atoms with Crippen molar-refractivity contribution in [1.82, 2.24) is 10.3 Å². The third-order valence-electron chi connectivity index (χ3n) is 4.52. The fourth-order valence-electron chi connectivity index (χ4n) is 3.05. The summed E-state index contributed by atoms with van der Waals surface area (Å²) in [6, 6.07) is 24.1. The number of aryl methyl sites for hydroxylation is 1. The van der Waals surface area contributed by atoms with E-state index < -0.39 is 10.0 Å². The zero-order valence-corrected chi connectivity index (χ0v) is 16.1. The summed E-state index contributed by atoms with van der Waals surface area (Å²) < 4.78 is 25.1. The van der Waals surface area contributed by atoms with E-state index in [1.165, 1.54) is 0 Å². The number of para-hydroxylation sites is 1. The van der Waals surface area contributed by atoms with E-state index in [1.54, 1.807) is 24.3 Å². The van der Waals surface area contributed by atoms with Gasteiger partial charge in [-0.2, -0.15) is 0 Å². The van der Waals surface area contributed by atoms with Crippen LogP contribution in [0.1, 0.15) is 22.7 Å². The lowest BCUT2D eigenvalue weighted by molar-refractivity contribution is 0.576. The Labute approximate surface area is 164 Å². The van der Waals surface area contributed by atoms with Gasteiger partial charge in [0.2, 0.25) is 5.96 Å². The molecule has 0 radical (unpaired) electrons. The maximum absolute atomic E-state index is 12.5. The van der Waals surface area contributed by atoms with Gasteiger partial charge in [0.1, 0.15) is 6.04 Å². The Morgan fingerprint density at radius 2 is 1.57 bits per heavy atom. The molecule has 28 heavy (non-hydrogen) atoms. The number of hydrazine groups is 1. The predicted molar refractivity (Wildman–Crippen MR) is 110 cm³/mol. The minimum Gasteiger partial charge on any atom is -0.325 e. The largest absolute Gasteiger partial charge is 0.325 e. The highest BCUT2D eigenvalue weighted by atomic mass is 32.2. The lowest BCUT2D eigenvalue weighted by Crippen LogP contribution is -2.46. The molecule has 1 heterocycles. The number of guanidine groups is 1. The Hall–Kier alpha value is -3.16. The molecule has 0 amide bonds. The molecule has 0 saturated carbocycles. The Kier molecular flexibility index (Phi) is 4.85. The molecule has 7 heteroatoms. The van der Waals surface area contributed by atoms with Crippen LogP contribution in [0.5, 0.6) is 0 Å². The van der Waals surface area contributed by atoms with E-state index in [0.29, 0.717) is 5.96 Å². The Bertz CT molecular complexity index is 1110. The molecule has 4 rings (SSSR count). The third kappa shape index (κ3) is 3.76. The molecule has 1 aliphatic heterocycles. The average Bonchev–Trinajstić information content (AvgIpc) is 2.73. The summed E-state index contributed by atoms with van der Waals surface area (Å²) in [5.74, 6) is 0.336. The number of nitrogens with zero attached hydrogens (tertiary/aromatic N) is 1. The first-order valence-corrected chi connectivity index (χ1v) is 10.3. The van der Waals surface area contributed by atoms with Crippen LogP contribution in [0.25, 0.3) is 0 Å². The Morgan fingerprint density at radius 3 is 2.32 bits per heavy atom. The van der Waals surface area contributed by atoms with Gasteiger partial charge < -0.3 is 5.32 Å². The molecule has 0 spiro atoms. The van der Waals surface area contributed by atoms with Crippen LogP contribution in [0.4, 0.5) is 5.69 Å². The maximum atomic E-state index is 12.5. The molecule has 6 nitrogen and oxygen atoms in total.